The molecule has 0 aliphatic carbocycles. The van der Waals surface area contributed by atoms with Gasteiger partial charge in [0.05, 0.1) is 0 Å². The molecule has 0 aliphatic heterocycles. The van der Waals surface area contributed by atoms with E-state index in [0.717, 1.165) is 54.9 Å². The molecule has 0 amide bonds. The van der Waals surface area contributed by atoms with E-state index in [1.165, 1.54) is 11.1 Å². The molecule has 54 heavy (non-hydrogen) atoms. The Hall–Kier alpha value is -6.67. The van der Waals surface area contributed by atoms with Gasteiger partial charge in [0, 0.05) is 11.1 Å². The highest BCUT2D eigenvalue weighted by atomic mass is 31.2. The molecule has 0 heterocycles. The van der Waals surface area contributed by atoms with Gasteiger partial charge in [-0.3, -0.25) is 0 Å². The Morgan fingerprint density at radius 2 is 0.630 bits per heavy atom. The van der Waals surface area contributed by atoms with Gasteiger partial charge >= 0.3 is 8.60 Å². The van der Waals surface area contributed by atoms with Crippen LogP contribution in [0.25, 0.3) is 66.1 Å². The van der Waals surface area contributed by atoms with Gasteiger partial charge in [0.25, 0.3) is 0 Å². The third kappa shape index (κ3) is 7.19. The van der Waals surface area contributed by atoms with Crippen molar-refractivity contribution in [2.45, 2.75) is 0 Å². The van der Waals surface area contributed by atoms with Crippen LogP contribution in [0, 0.1) is 0 Å². The van der Waals surface area contributed by atoms with Crippen LogP contribution in [0.15, 0.2) is 212 Å². The van der Waals surface area contributed by atoms with Gasteiger partial charge in [0.15, 0.2) is 0 Å². The molecular weight excluding hydrogens is 680 g/mol. The molecule has 0 saturated carbocycles. The zero-order chi connectivity index (χ0) is 36.1. The normalized spacial score (nSPS) is 11.1. The molecule has 9 aromatic rings. The van der Waals surface area contributed by atoms with Gasteiger partial charge in [-0.2, -0.15) is 0 Å². The van der Waals surface area contributed by atoms with Crippen LogP contribution in [0.4, 0.5) is 0 Å². The van der Waals surface area contributed by atoms with Gasteiger partial charge in [-0.1, -0.05) is 164 Å². The number of hydrogen-bond acceptors (Lipinski definition) is 3. The van der Waals surface area contributed by atoms with Gasteiger partial charge in [-0.25, -0.2) is 0 Å². The second-order valence-electron chi connectivity index (χ2n) is 13.1. The number of fused-ring (bicyclic) bond motifs is 2. The fraction of sp³-hybridized carbons (Fsp3) is 0. The summed E-state index contributed by atoms with van der Waals surface area (Å²) in [5.74, 6) is 2.02. The molecule has 4 heteroatoms. The molecule has 0 aromatic heterocycles. The highest BCUT2D eigenvalue weighted by Crippen LogP contribution is 2.49. The van der Waals surface area contributed by atoms with Crippen molar-refractivity contribution in [3.05, 3.63) is 212 Å². The second-order valence-corrected chi connectivity index (χ2v) is 14.1. The van der Waals surface area contributed by atoms with Crippen LogP contribution in [0.1, 0.15) is 0 Å². The molecule has 0 fully saturated rings. The molecule has 0 spiro atoms. The first kappa shape index (κ1) is 33.2. The van der Waals surface area contributed by atoms with Crippen LogP contribution >= 0.6 is 8.60 Å². The summed E-state index contributed by atoms with van der Waals surface area (Å²) < 4.78 is 20.5. The zero-order valence-corrected chi connectivity index (χ0v) is 30.3. The SMILES string of the molecule is c1ccc(OP(Oc2cc3ccc(-c4ccccc4)cc3cc2-c2ccccc2)Oc2cc3ccc(-c4ccccc4)cc3cc2-c2ccccc2)cc1. The standard InChI is InChI=1S/C50H35O3P/c1-6-16-36(17-7-1)40-26-28-42-34-49(47(32-44(42)30-40)38-20-10-3-11-21-38)52-54(51-46-24-14-5-15-25-46)53-50-35-43-29-27-41(37-18-8-2-9-19-37)31-45(43)33-48(50)39-22-12-4-13-23-39/h1-35H. The van der Waals surface area contributed by atoms with Crippen LogP contribution in [0.5, 0.6) is 17.2 Å². The Bertz CT molecular complexity index is 2500. The van der Waals surface area contributed by atoms with Gasteiger partial charge < -0.3 is 13.6 Å². The fourth-order valence-corrected chi connectivity index (χ4v) is 7.82. The maximum absolute atomic E-state index is 6.93. The maximum Gasteiger partial charge on any atom is 0.530 e. The third-order valence-corrected chi connectivity index (χ3v) is 10.6. The summed E-state index contributed by atoms with van der Waals surface area (Å²) >= 11 is 0. The van der Waals surface area contributed by atoms with E-state index in [1.807, 2.05) is 78.9 Å². The Labute approximate surface area is 316 Å². The maximum atomic E-state index is 6.93. The molecular formula is C50H35O3P. The van der Waals surface area contributed by atoms with E-state index in [1.54, 1.807) is 0 Å². The Morgan fingerprint density at radius 1 is 0.259 bits per heavy atom. The minimum absolute atomic E-state index is 0.660. The summed E-state index contributed by atoms with van der Waals surface area (Å²) in [5, 5.41) is 4.35. The summed E-state index contributed by atoms with van der Waals surface area (Å²) in [6.07, 6.45) is 0. The monoisotopic (exact) mass is 714 g/mol. The summed E-state index contributed by atoms with van der Waals surface area (Å²) in [7, 11) is -2.00. The second kappa shape index (κ2) is 15.1. The van der Waals surface area contributed by atoms with E-state index < -0.39 is 8.60 Å². The predicted molar refractivity (Wildman–Crippen MR) is 225 cm³/mol. The topological polar surface area (TPSA) is 27.7 Å². The molecule has 258 valence electrons. The summed E-state index contributed by atoms with van der Waals surface area (Å²) in [6.45, 7) is 0. The molecule has 0 saturated heterocycles. The van der Waals surface area contributed by atoms with Crippen LogP contribution < -0.4 is 13.6 Å². The lowest BCUT2D eigenvalue weighted by atomic mass is 9.97. The Morgan fingerprint density at radius 3 is 1.04 bits per heavy atom. The van der Waals surface area contributed by atoms with Gasteiger partial charge in [-0.05, 0) is 103 Å². The number of benzene rings is 9. The Balaban J connectivity index is 1.15. The highest BCUT2D eigenvalue weighted by molar-refractivity contribution is 7.43. The fourth-order valence-electron chi connectivity index (χ4n) is 6.80. The highest BCUT2D eigenvalue weighted by Gasteiger charge is 2.25. The molecule has 0 aliphatic rings. The molecule has 9 aromatic carbocycles. The number of hydrogen-bond donors (Lipinski definition) is 0. The molecule has 0 N–H and O–H groups in total. The largest absolute Gasteiger partial charge is 0.530 e. The summed E-state index contributed by atoms with van der Waals surface area (Å²) in [5.41, 5.74) is 8.67. The molecule has 0 radical (unpaired) electrons. The van der Waals surface area contributed by atoms with E-state index >= 15 is 0 Å². The van der Waals surface area contributed by atoms with Gasteiger partial charge in [0.2, 0.25) is 0 Å². The van der Waals surface area contributed by atoms with E-state index in [9.17, 15) is 0 Å². The summed E-state index contributed by atoms with van der Waals surface area (Å²) in [6, 6.07) is 73.1. The average molecular weight is 715 g/mol. The van der Waals surface area contributed by atoms with Crippen molar-refractivity contribution in [2.24, 2.45) is 0 Å². The van der Waals surface area contributed by atoms with Crippen LogP contribution in [0.2, 0.25) is 0 Å². The minimum atomic E-state index is -2.00. The van der Waals surface area contributed by atoms with Crippen LogP contribution in [-0.2, 0) is 0 Å². The van der Waals surface area contributed by atoms with E-state index in [0.29, 0.717) is 17.2 Å². The van der Waals surface area contributed by atoms with Crippen LogP contribution in [0.3, 0.4) is 0 Å². The molecule has 3 nitrogen and oxygen atoms in total. The first-order valence-corrected chi connectivity index (χ1v) is 19.1. The lowest BCUT2D eigenvalue weighted by molar-refractivity contribution is 0.389. The van der Waals surface area contributed by atoms with Crippen molar-refractivity contribution in [3.8, 4) is 61.8 Å². The zero-order valence-electron chi connectivity index (χ0n) is 29.4. The first-order chi connectivity index (χ1) is 26.7. The van der Waals surface area contributed by atoms with Crippen molar-refractivity contribution in [2.75, 3.05) is 0 Å². The van der Waals surface area contributed by atoms with E-state index in [2.05, 4.69) is 133 Å². The van der Waals surface area contributed by atoms with Crippen molar-refractivity contribution >= 4 is 30.1 Å². The smallest absolute Gasteiger partial charge is 0.409 e. The average Bonchev–Trinajstić information content (AvgIpc) is 3.24. The number of rotatable bonds is 10. The molecule has 9 rings (SSSR count). The van der Waals surface area contributed by atoms with Gasteiger partial charge in [0.1, 0.15) is 17.2 Å². The van der Waals surface area contributed by atoms with E-state index in [4.69, 9.17) is 13.6 Å². The first-order valence-electron chi connectivity index (χ1n) is 18.0. The Kier molecular flexibility index (Phi) is 9.30. The molecule has 0 atom stereocenters. The van der Waals surface area contributed by atoms with Crippen molar-refractivity contribution < 1.29 is 13.6 Å². The lowest BCUT2D eigenvalue weighted by Crippen LogP contribution is -2.04. The predicted octanol–water partition coefficient (Wildman–Crippen LogP) is 14.4. The van der Waals surface area contributed by atoms with Crippen molar-refractivity contribution in [3.63, 3.8) is 0 Å². The molecule has 0 bridgehead atoms. The van der Waals surface area contributed by atoms with Crippen molar-refractivity contribution in [1.82, 2.24) is 0 Å². The van der Waals surface area contributed by atoms with E-state index in [-0.39, 0.29) is 0 Å². The third-order valence-electron chi connectivity index (χ3n) is 9.53. The summed E-state index contributed by atoms with van der Waals surface area (Å²) in [4.78, 5) is 0. The quantitative estimate of drug-likeness (QED) is 0.132. The minimum Gasteiger partial charge on any atom is -0.409 e. The van der Waals surface area contributed by atoms with Gasteiger partial charge in [-0.15, -0.1) is 0 Å². The number of para-hydroxylation sites is 1. The molecule has 0 unspecified atom stereocenters. The lowest BCUT2D eigenvalue weighted by Gasteiger charge is -2.22. The van der Waals surface area contributed by atoms with Crippen molar-refractivity contribution in [1.29, 1.82) is 0 Å². The van der Waals surface area contributed by atoms with Crippen LogP contribution in [-0.4, -0.2) is 0 Å².